The Hall–Kier alpha value is -0.700. The molecule has 0 spiro atoms. The van der Waals surface area contributed by atoms with Gasteiger partial charge < -0.3 is 10.8 Å². The van der Waals surface area contributed by atoms with E-state index >= 15 is 0 Å². The molecule has 1 saturated carbocycles. The zero-order chi connectivity index (χ0) is 14.3. The molecule has 0 unspecified atom stereocenters. The summed E-state index contributed by atoms with van der Waals surface area (Å²) < 4.78 is 40.0. The van der Waals surface area contributed by atoms with Crippen molar-refractivity contribution in [3.63, 3.8) is 0 Å². The summed E-state index contributed by atoms with van der Waals surface area (Å²) in [5.74, 6) is -0.901. The summed E-state index contributed by atoms with van der Waals surface area (Å²) in [7, 11) is -4.04. The van der Waals surface area contributed by atoms with Crippen molar-refractivity contribution in [2.45, 2.75) is 29.8 Å². The SMILES string of the molecule is Nc1cc(Br)c(F)c(S(=O)(=O)NCC2(O)CCC2)c1. The van der Waals surface area contributed by atoms with E-state index in [1.807, 2.05) is 0 Å². The number of benzene rings is 1. The first-order valence-corrected chi connectivity index (χ1v) is 7.98. The fourth-order valence-corrected chi connectivity index (χ4v) is 3.71. The Kier molecular flexibility index (Phi) is 3.87. The van der Waals surface area contributed by atoms with Crippen molar-refractivity contribution in [3.05, 3.63) is 22.4 Å². The van der Waals surface area contributed by atoms with E-state index in [1.165, 1.54) is 6.07 Å². The smallest absolute Gasteiger partial charge is 0.243 e. The summed E-state index contributed by atoms with van der Waals surface area (Å²) in [5.41, 5.74) is 4.63. The van der Waals surface area contributed by atoms with Crippen LogP contribution in [0.5, 0.6) is 0 Å². The third kappa shape index (κ3) is 3.07. The van der Waals surface area contributed by atoms with Crippen molar-refractivity contribution < 1.29 is 17.9 Å². The van der Waals surface area contributed by atoms with Gasteiger partial charge in [0.25, 0.3) is 0 Å². The van der Waals surface area contributed by atoms with Crippen LogP contribution in [0.1, 0.15) is 19.3 Å². The molecule has 1 aromatic carbocycles. The second kappa shape index (κ2) is 5.01. The van der Waals surface area contributed by atoms with Gasteiger partial charge in [0.2, 0.25) is 10.0 Å². The van der Waals surface area contributed by atoms with E-state index < -0.39 is 26.3 Å². The quantitative estimate of drug-likeness (QED) is 0.713. The molecular formula is C11H14BrFN2O3S. The molecule has 106 valence electrons. The molecule has 0 radical (unpaired) electrons. The first kappa shape index (κ1) is 14.7. The highest BCUT2D eigenvalue weighted by atomic mass is 79.9. The molecule has 19 heavy (non-hydrogen) atoms. The standard InChI is InChI=1S/C11H14BrFN2O3S/c12-8-4-7(14)5-9(10(8)13)19(17,18)15-6-11(16)2-1-3-11/h4-5,15-16H,1-3,6,14H2. The van der Waals surface area contributed by atoms with E-state index in [4.69, 9.17) is 5.73 Å². The molecule has 0 saturated heterocycles. The predicted molar refractivity (Wildman–Crippen MR) is 72.5 cm³/mol. The van der Waals surface area contributed by atoms with Gasteiger partial charge >= 0.3 is 0 Å². The Balaban J connectivity index is 2.24. The van der Waals surface area contributed by atoms with Gasteiger partial charge in [-0.25, -0.2) is 17.5 Å². The Morgan fingerprint density at radius 2 is 2.11 bits per heavy atom. The topological polar surface area (TPSA) is 92.4 Å². The lowest BCUT2D eigenvalue weighted by atomic mass is 9.81. The highest BCUT2D eigenvalue weighted by Crippen LogP contribution is 2.31. The Labute approximate surface area is 119 Å². The number of nitrogens with one attached hydrogen (secondary N) is 1. The minimum absolute atomic E-state index is 0.0183. The third-order valence-corrected chi connectivity index (χ3v) is 5.16. The van der Waals surface area contributed by atoms with E-state index in [-0.39, 0.29) is 16.7 Å². The zero-order valence-corrected chi connectivity index (χ0v) is 12.4. The number of hydrogen-bond acceptors (Lipinski definition) is 4. The molecule has 0 aliphatic heterocycles. The van der Waals surface area contributed by atoms with E-state index in [0.717, 1.165) is 12.5 Å². The summed E-state index contributed by atoms with van der Waals surface area (Å²) >= 11 is 2.91. The lowest BCUT2D eigenvalue weighted by Crippen LogP contribution is -2.47. The molecule has 5 nitrogen and oxygen atoms in total. The molecule has 8 heteroatoms. The Bertz CT molecular complexity index is 602. The fraction of sp³-hybridized carbons (Fsp3) is 0.455. The van der Waals surface area contributed by atoms with Crippen LogP contribution >= 0.6 is 15.9 Å². The molecule has 0 atom stereocenters. The van der Waals surface area contributed by atoms with Crippen LogP contribution in [0.4, 0.5) is 10.1 Å². The number of halogens is 2. The maximum absolute atomic E-state index is 13.8. The fourth-order valence-electron chi connectivity index (χ4n) is 1.85. The predicted octanol–water partition coefficient (Wildman–Crippen LogP) is 1.36. The van der Waals surface area contributed by atoms with Crippen molar-refractivity contribution in [1.29, 1.82) is 0 Å². The first-order valence-electron chi connectivity index (χ1n) is 5.70. The van der Waals surface area contributed by atoms with Crippen molar-refractivity contribution in [2.75, 3.05) is 12.3 Å². The van der Waals surface area contributed by atoms with Gasteiger partial charge in [-0.1, -0.05) is 0 Å². The van der Waals surface area contributed by atoms with Crippen LogP contribution in [-0.4, -0.2) is 25.7 Å². The minimum atomic E-state index is -4.04. The lowest BCUT2D eigenvalue weighted by molar-refractivity contribution is -0.0271. The number of nitrogen functional groups attached to an aromatic ring is 1. The molecule has 4 N–H and O–H groups in total. The summed E-state index contributed by atoms with van der Waals surface area (Å²) in [6.45, 7) is -0.124. The van der Waals surface area contributed by atoms with Crippen molar-refractivity contribution in [2.24, 2.45) is 0 Å². The largest absolute Gasteiger partial charge is 0.399 e. The average molecular weight is 353 g/mol. The number of aliphatic hydroxyl groups is 1. The zero-order valence-electron chi connectivity index (χ0n) is 9.99. The van der Waals surface area contributed by atoms with Gasteiger partial charge in [0.15, 0.2) is 5.82 Å². The maximum Gasteiger partial charge on any atom is 0.243 e. The molecule has 0 aromatic heterocycles. The average Bonchev–Trinajstić information content (AvgIpc) is 2.28. The van der Waals surface area contributed by atoms with Gasteiger partial charge in [-0.05, 0) is 47.3 Å². The second-order valence-corrected chi connectivity index (χ2v) is 7.31. The molecule has 2 rings (SSSR count). The van der Waals surface area contributed by atoms with Gasteiger partial charge in [-0.15, -0.1) is 0 Å². The number of rotatable bonds is 4. The molecule has 0 heterocycles. The highest BCUT2D eigenvalue weighted by Gasteiger charge is 2.36. The first-order chi connectivity index (χ1) is 8.73. The van der Waals surface area contributed by atoms with Gasteiger partial charge in [0.1, 0.15) is 4.90 Å². The van der Waals surface area contributed by atoms with Crippen LogP contribution in [-0.2, 0) is 10.0 Å². The van der Waals surface area contributed by atoms with E-state index in [1.54, 1.807) is 0 Å². The van der Waals surface area contributed by atoms with Crippen LogP contribution < -0.4 is 10.5 Å². The molecular weight excluding hydrogens is 339 g/mol. The summed E-state index contributed by atoms with van der Waals surface area (Å²) in [6.07, 6.45) is 1.94. The lowest BCUT2D eigenvalue weighted by Gasteiger charge is -2.36. The molecule has 1 fully saturated rings. The van der Waals surface area contributed by atoms with Gasteiger partial charge in [-0.3, -0.25) is 0 Å². The summed E-state index contributed by atoms with van der Waals surface area (Å²) in [4.78, 5) is -0.526. The van der Waals surface area contributed by atoms with Crippen LogP contribution in [0.2, 0.25) is 0 Å². The summed E-state index contributed by atoms with van der Waals surface area (Å²) in [5, 5.41) is 9.84. The van der Waals surface area contributed by atoms with Gasteiger partial charge in [0, 0.05) is 12.2 Å². The Morgan fingerprint density at radius 3 is 2.63 bits per heavy atom. The number of anilines is 1. The van der Waals surface area contributed by atoms with Crippen molar-refractivity contribution in [1.82, 2.24) is 4.72 Å². The van der Waals surface area contributed by atoms with Crippen LogP contribution in [0, 0.1) is 5.82 Å². The van der Waals surface area contributed by atoms with E-state index in [9.17, 15) is 17.9 Å². The van der Waals surface area contributed by atoms with Crippen molar-refractivity contribution >= 4 is 31.6 Å². The van der Waals surface area contributed by atoms with Crippen LogP contribution in [0.15, 0.2) is 21.5 Å². The number of nitrogens with two attached hydrogens (primary N) is 1. The van der Waals surface area contributed by atoms with Crippen molar-refractivity contribution in [3.8, 4) is 0 Å². The third-order valence-electron chi connectivity index (χ3n) is 3.18. The second-order valence-electron chi connectivity index (χ2n) is 4.72. The normalized spacial score (nSPS) is 18.1. The van der Waals surface area contributed by atoms with Crippen LogP contribution in [0.25, 0.3) is 0 Å². The molecule has 1 aromatic rings. The molecule has 0 amide bonds. The van der Waals surface area contributed by atoms with E-state index in [0.29, 0.717) is 12.8 Å². The van der Waals surface area contributed by atoms with Gasteiger partial charge in [0.05, 0.1) is 10.1 Å². The molecule has 0 bridgehead atoms. The maximum atomic E-state index is 13.8. The monoisotopic (exact) mass is 352 g/mol. The number of sulfonamides is 1. The van der Waals surface area contributed by atoms with Gasteiger partial charge in [-0.2, -0.15) is 0 Å². The van der Waals surface area contributed by atoms with Crippen LogP contribution in [0.3, 0.4) is 0 Å². The highest BCUT2D eigenvalue weighted by molar-refractivity contribution is 9.10. The molecule has 1 aliphatic rings. The molecule has 1 aliphatic carbocycles. The minimum Gasteiger partial charge on any atom is -0.399 e. The summed E-state index contributed by atoms with van der Waals surface area (Å²) in [6, 6.07) is 2.33. The van der Waals surface area contributed by atoms with E-state index in [2.05, 4.69) is 20.7 Å². The number of hydrogen-bond donors (Lipinski definition) is 3. The Morgan fingerprint density at radius 1 is 1.47 bits per heavy atom.